The molecule has 0 fully saturated rings. The molecule has 2 heterocycles. The van der Waals surface area contributed by atoms with Gasteiger partial charge < -0.3 is 5.32 Å². The molecule has 0 radical (unpaired) electrons. The Bertz CT molecular complexity index is 925. The van der Waals surface area contributed by atoms with E-state index in [9.17, 15) is 26.4 Å². The normalized spacial score (nSPS) is 18.8. The molecule has 9 heteroatoms. The van der Waals surface area contributed by atoms with Crippen molar-refractivity contribution in [1.29, 1.82) is 0 Å². The highest BCUT2D eigenvalue weighted by Crippen LogP contribution is 2.32. The Morgan fingerprint density at radius 1 is 1.19 bits per heavy atom. The SMILES string of the molecule is O=C(Cc1ccc(C(F)(F)F)nc1)NC1CCS(=O)(=O)c2ccccc21. The number of carbonyl (C=O) groups is 1. The number of alkyl halides is 3. The van der Waals surface area contributed by atoms with Gasteiger partial charge in [0.05, 0.1) is 23.1 Å². The number of rotatable bonds is 3. The number of nitrogens with one attached hydrogen (secondary N) is 1. The Labute approximate surface area is 148 Å². The molecule has 5 nitrogen and oxygen atoms in total. The van der Waals surface area contributed by atoms with Crippen molar-refractivity contribution in [3.05, 3.63) is 59.4 Å². The van der Waals surface area contributed by atoms with Crippen LogP contribution in [0.15, 0.2) is 47.5 Å². The third-order valence-electron chi connectivity index (χ3n) is 4.12. The molecule has 0 spiro atoms. The Kier molecular flexibility index (Phi) is 4.74. The molecule has 0 bridgehead atoms. The van der Waals surface area contributed by atoms with E-state index in [0.717, 1.165) is 12.3 Å². The molecule has 1 amide bonds. The van der Waals surface area contributed by atoms with Crippen molar-refractivity contribution in [2.75, 3.05) is 5.75 Å². The Balaban J connectivity index is 1.71. The maximum Gasteiger partial charge on any atom is 0.433 e. The van der Waals surface area contributed by atoms with Crippen LogP contribution in [0.5, 0.6) is 0 Å². The van der Waals surface area contributed by atoms with Crippen LogP contribution in [-0.4, -0.2) is 25.1 Å². The van der Waals surface area contributed by atoms with Crippen molar-refractivity contribution < 1.29 is 26.4 Å². The number of nitrogens with zero attached hydrogens (tertiary/aromatic N) is 1. The maximum absolute atomic E-state index is 12.5. The fourth-order valence-corrected chi connectivity index (χ4v) is 4.49. The van der Waals surface area contributed by atoms with E-state index in [4.69, 9.17) is 0 Å². The number of benzene rings is 1. The summed E-state index contributed by atoms with van der Waals surface area (Å²) >= 11 is 0. The third kappa shape index (κ3) is 3.87. The lowest BCUT2D eigenvalue weighted by atomic mass is 10.0. The van der Waals surface area contributed by atoms with Gasteiger partial charge in [-0.25, -0.2) is 8.42 Å². The monoisotopic (exact) mass is 384 g/mol. The van der Waals surface area contributed by atoms with Crippen molar-refractivity contribution >= 4 is 15.7 Å². The fraction of sp³-hybridized carbons (Fsp3) is 0.294. The van der Waals surface area contributed by atoms with Crippen LogP contribution in [0.25, 0.3) is 0 Å². The van der Waals surface area contributed by atoms with Gasteiger partial charge in [-0.1, -0.05) is 24.3 Å². The Morgan fingerprint density at radius 2 is 1.92 bits per heavy atom. The van der Waals surface area contributed by atoms with E-state index in [0.29, 0.717) is 11.1 Å². The minimum atomic E-state index is -4.53. The van der Waals surface area contributed by atoms with Crippen molar-refractivity contribution in [3.63, 3.8) is 0 Å². The first-order valence-corrected chi connectivity index (χ1v) is 9.45. The summed E-state index contributed by atoms with van der Waals surface area (Å²) < 4.78 is 61.7. The summed E-state index contributed by atoms with van der Waals surface area (Å²) in [5.74, 6) is -0.484. The zero-order chi connectivity index (χ0) is 18.9. The zero-order valence-electron chi connectivity index (χ0n) is 13.5. The van der Waals surface area contributed by atoms with Crippen molar-refractivity contribution in [1.82, 2.24) is 10.3 Å². The number of aromatic nitrogens is 1. The molecule has 138 valence electrons. The Morgan fingerprint density at radius 3 is 2.58 bits per heavy atom. The number of hydrogen-bond acceptors (Lipinski definition) is 4. The van der Waals surface area contributed by atoms with Gasteiger partial charge in [0.25, 0.3) is 0 Å². The molecule has 1 aliphatic heterocycles. The van der Waals surface area contributed by atoms with Gasteiger partial charge >= 0.3 is 6.18 Å². The topological polar surface area (TPSA) is 76.1 Å². The highest BCUT2D eigenvalue weighted by molar-refractivity contribution is 7.91. The van der Waals surface area contributed by atoms with Crippen molar-refractivity contribution in [3.8, 4) is 0 Å². The molecule has 1 unspecified atom stereocenters. The molecule has 3 rings (SSSR count). The van der Waals surface area contributed by atoms with Crippen LogP contribution in [0.1, 0.15) is 29.3 Å². The van der Waals surface area contributed by atoms with Gasteiger partial charge in [-0.2, -0.15) is 13.2 Å². The van der Waals surface area contributed by atoms with Gasteiger partial charge in [-0.05, 0) is 29.7 Å². The highest BCUT2D eigenvalue weighted by atomic mass is 32.2. The van der Waals surface area contributed by atoms with Crippen molar-refractivity contribution in [2.24, 2.45) is 0 Å². The summed E-state index contributed by atoms with van der Waals surface area (Å²) in [6, 6.07) is 8.04. The molecule has 1 atom stereocenters. The molecule has 0 saturated heterocycles. The molecule has 1 aliphatic rings. The number of amides is 1. The van der Waals surface area contributed by atoms with E-state index < -0.39 is 33.7 Å². The first-order chi connectivity index (χ1) is 12.2. The lowest BCUT2D eigenvalue weighted by molar-refractivity contribution is -0.141. The van der Waals surface area contributed by atoms with Crippen LogP contribution in [-0.2, 0) is 27.2 Å². The second kappa shape index (κ2) is 6.71. The van der Waals surface area contributed by atoms with Crippen LogP contribution < -0.4 is 5.32 Å². The summed E-state index contributed by atoms with van der Waals surface area (Å²) in [6.45, 7) is 0. The number of pyridine rings is 1. The first kappa shape index (κ1) is 18.4. The number of carbonyl (C=O) groups excluding carboxylic acids is 1. The molecule has 0 saturated carbocycles. The Hall–Kier alpha value is -2.42. The van der Waals surface area contributed by atoms with Crippen molar-refractivity contribution in [2.45, 2.75) is 30.0 Å². The highest BCUT2D eigenvalue weighted by Gasteiger charge is 2.32. The lowest BCUT2D eigenvalue weighted by Crippen LogP contribution is -2.34. The molecule has 2 aromatic rings. The standard InChI is InChI=1S/C17H15F3N2O3S/c18-17(19,20)15-6-5-11(10-21-15)9-16(23)22-13-7-8-26(24,25)14-4-2-1-3-12(13)14/h1-6,10,13H,7-9H2,(H,22,23). The summed E-state index contributed by atoms with van der Waals surface area (Å²) in [6.07, 6.45) is -3.41. The average Bonchev–Trinajstić information content (AvgIpc) is 2.57. The number of hydrogen-bond donors (Lipinski definition) is 1. The van der Waals surface area contributed by atoms with Gasteiger partial charge in [0, 0.05) is 6.20 Å². The quantitative estimate of drug-likeness (QED) is 0.883. The van der Waals surface area contributed by atoms with Crippen LogP contribution in [0.2, 0.25) is 0 Å². The van der Waals surface area contributed by atoms with E-state index in [1.54, 1.807) is 18.2 Å². The molecule has 1 aromatic heterocycles. The number of fused-ring (bicyclic) bond motifs is 1. The minimum Gasteiger partial charge on any atom is -0.349 e. The van der Waals surface area contributed by atoms with E-state index in [2.05, 4.69) is 10.3 Å². The summed E-state index contributed by atoms with van der Waals surface area (Å²) in [4.78, 5) is 15.7. The van der Waals surface area contributed by atoms with E-state index in [-0.39, 0.29) is 23.5 Å². The first-order valence-electron chi connectivity index (χ1n) is 7.80. The predicted molar refractivity (Wildman–Crippen MR) is 86.9 cm³/mol. The maximum atomic E-state index is 12.5. The second-order valence-electron chi connectivity index (χ2n) is 5.99. The summed E-state index contributed by atoms with van der Waals surface area (Å²) in [5.41, 5.74) is -0.155. The molecule has 1 N–H and O–H groups in total. The number of sulfone groups is 1. The van der Waals surface area contributed by atoms with Gasteiger partial charge in [0.1, 0.15) is 5.69 Å². The smallest absolute Gasteiger partial charge is 0.349 e. The summed E-state index contributed by atoms with van der Waals surface area (Å²) in [7, 11) is -3.36. The lowest BCUT2D eigenvalue weighted by Gasteiger charge is -2.26. The van der Waals surface area contributed by atoms with Crippen LogP contribution >= 0.6 is 0 Å². The van der Waals surface area contributed by atoms with Gasteiger partial charge in [-0.3, -0.25) is 9.78 Å². The van der Waals surface area contributed by atoms with Crippen LogP contribution in [0.3, 0.4) is 0 Å². The van der Waals surface area contributed by atoms with E-state index in [1.807, 2.05) is 0 Å². The molecular weight excluding hydrogens is 369 g/mol. The largest absolute Gasteiger partial charge is 0.433 e. The fourth-order valence-electron chi connectivity index (χ4n) is 2.87. The molecule has 1 aromatic carbocycles. The van der Waals surface area contributed by atoms with Crippen LogP contribution in [0, 0.1) is 0 Å². The van der Waals surface area contributed by atoms with Gasteiger partial charge in [0.15, 0.2) is 9.84 Å². The molecule has 26 heavy (non-hydrogen) atoms. The van der Waals surface area contributed by atoms with Crippen LogP contribution in [0.4, 0.5) is 13.2 Å². The molecule has 0 aliphatic carbocycles. The van der Waals surface area contributed by atoms with Gasteiger partial charge in [0.2, 0.25) is 5.91 Å². The summed E-state index contributed by atoms with van der Waals surface area (Å²) in [5, 5.41) is 2.75. The second-order valence-corrected chi connectivity index (χ2v) is 8.07. The zero-order valence-corrected chi connectivity index (χ0v) is 14.3. The van der Waals surface area contributed by atoms with E-state index >= 15 is 0 Å². The van der Waals surface area contributed by atoms with E-state index in [1.165, 1.54) is 12.1 Å². The predicted octanol–water partition coefficient (Wildman–Crippen LogP) is 2.68. The van der Waals surface area contributed by atoms with Gasteiger partial charge in [-0.15, -0.1) is 0 Å². The molecular formula is C17H15F3N2O3S. The average molecular weight is 384 g/mol. The minimum absolute atomic E-state index is 0.0726. The number of halogens is 3. The third-order valence-corrected chi connectivity index (χ3v) is 5.93.